The molecule has 0 unspecified atom stereocenters. The zero-order chi connectivity index (χ0) is 18.3. The first kappa shape index (κ1) is 16.6. The molecule has 0 aliphatic carbocycles. The number of hydrogen-bond acceptors (Lipinski definition) is 7. The molecule has 2 N–H and O–H groups in total. The van der Waals surface area contributed by atoms with Gasteiger partial charge in [0.2, 0.25) is 0 Å². The first-order valence-electron chi connectivity index (χ1n) is 7.50. The van der Waals surface area contributed by atoms with Crippen molar-refractivity contribution in [1.82, 2.24) is 4.57 Å². The van der Waals surface area contributed by atoms with Gasteiger partial charge < -0.3 is 5.73 Å². The molecule has 4 rings (SSSR count). The standard InChI is InChI=1S/C18H10N4OS3/c19-8-11-15(13-4-2-6-25-13)12(9-20)18-22(16(11)21)17(23)14(26-18)7-10-3-1-5-24-10/h1-7,15H,21H2/b14-7-/t15-/m0/s1. The summed E-state index contributed by atoms with van der Waals surface area (Å²) in [4.78, 5) is 14.7. The van der Waals surface area contributed by atoms with E-state index in [1.807, 2.05) is 35.0 Å². The molecule has 0 radical (unpaired) electrons. The Bertz CT molecular complexity index is 1280. The van der Waals surface area contributed by atoms with E-state index in [0.717, 1.165) is 9.75 Å². The summed E-state index contributed by atoms with van der Waals surface area (Å²) in [5.41, 5.74) is 6.51. The average molecular weight is 395 g/mol. The third-order valence-electron chi connectivity index (χ3n) is 4.03. The van der Waals surface area contributed by atoms with Crippen molar-refractivity contribution in [1.29, 1.82) is 10.5 Å². The molecule has 0 amide bonds. The van der Waals surface area contributed by atoms with E-state index >= 15 is 0 Å². The summed E-state index contributed by atoms with van der Waals surface area (Å²) >= 11 is 4.21. The Kier molecular flexibility index (Phi) is 4.09. The molecule has 26 heavy (non-hydrogen) atoms. The molecule has 0 aromatic carbocycles. The summed E-state index contributed by atoms with van der Waals surface area (Å²) in [6.07, 6.45) is 1.79. The molecular formula is C18H10N4OS3. The molecule has 0 saturated carbocycles. The van der Waals surface area contributed by atoms with E-state index in [9.17, 15) is 15.3 Å². The number of nitrogens with zero attached hydrogens (tertiary/aromatic N) is 3. The fourth-order valence-corrected chi connectivity index (χ4v) is 5.59. The maximum atomic E-state index is 12.9. The van der Waals surface area contributed by atoms with Crippen molar-refractivity contribution in [3.63, 3.8) is 0 Å². The van der Waals surface area contributed by atoms with Gasteiger partial charge in [0, 0.05) is 9.75 Å². The highest BCUT2D eigenvalue weighted by Crippen LogP contribution is 2.37. The van der Waals surface area contributed by atoms with Crippen molar-refractivity contribution in [2.75, 3.05) is 0 Å². The van der Waals surface area contributed by atoms with Crippen LogP contribution in [-0.2, 0) is 0 Å². The number of nitrogens with two attached hydrogens (primary N) is 1. The number of allylic oxidation sites excluding steroid dienone is 1. The molecule has 0 fully saturated rings. The lowest BCUT2D eigenvalue weighted by Gasteiger charge is -2.20. The second kappa shape index (κ2) is 6.43. The molecule has 5 nitrogen and oxygen atoms in total. The lowest BCUT2D eigenvalue weighted by atomic mass is 9.89. The normalized spacial score (nSPS) is 17.1. The molecule has 1 aliphatic heterocycles. The molecule has 8 heteroatoms. The summed E-state index contributed by atoms with van der Waals surface area (Å²) in [6, 6.07) is 11.9. The number of thiophene rings is 2. The molecule has 0 bridgehead atoms. The maximum absolute atomic E-state index is 12.9. The van der Waals surface area contributed by atoms with Crippen LogP contribution in [0.15, 0.2) is 45.4 Å². The first-order chi connectivity index (χ1) is 12.7. The second-order valence-electron chi connectivity index (χ2n) is 5.46. The number of rotatable bonds is 2. The Morgan fingerprint density at radius 3 is 2.46 bits per heavy atom. The van der Waals surface area contributed by atoms with Gasteiger partial charge in [0.25, 0.3) is 5.56 Å². The SMILES string of the molecule is N#CC1=C(N)n2c(s/c(=C\c3cccs3)c2=O)=C(C#N)[C@H]1c1cccs1. The van der Waals surface area contributed by atoms with Crippen LogP contribution in [0.25, 0.3) is 17.5 Å². The minimum Gasteiger partial charge on any atom is -0.384 e. The predicted octanol–water partition coefficient (Wildman–Crippen LogP) is 1.98. The van der Waals surface area contributed by atoms with Gasteiger partial charge in [-0.05, 0) is 29.0 Å². The van der Waals surface area contributed by atoms with E-state index in [0.29, 0.717) is 14.8 Å². The number of nitriles is 2. The van der Waals surface area contributed by atoms with E-state index in [2.05, 4.69) is 12.1 Å². The summed E-state index contributed by atoms with van der Waals surface area (Å²) in [7, 11) is 0. The maximum Gasteiger partial charge on any atom is 0.274 e. The van der Waals surface area contributed by atoms with E-state index in [4.69, 9.17) is 5.73 Å². The van der Waals surface area contributed by atoms with Gasteiger partial charge >= 0.3 is 0 Å². The Morgan fingerprint density at radius 1 is 1.12 bits per heavy atom. The predicted molar refractivity (Wildman–Crippen MR) is 105 cm³/mol. The highest BCUT2D eigenvalue weighted by molar-refractivity contribution is 7.11. The Balaban J connectivity index is 2.11. The van der Waals surface area contributed by atoms with Crippen molar-refractivity contribution in [2.45, 2.75) is 5.92 Å². The number of thiazole rings is 1. The van der Waals surface area contributed by atoms with Crippen LogP contribution in [0, 0.1) is 22.7 Å². The summed E-state index contributed by atoms with van der Waals surface area (Å²) in [5, 5.41) is 23.3. The van der Waals surface area contributed by atoms with Gasteiger partial charge in [-0.1, -0.05) is 12.1 Å². The van der Waals surface area contributed by atoms with E-state index in [1.54, 1.807) is 6.08 Å². The Morgan fingerprint density at radius 2 is 1.85 bits per heavy atom. The highest BCUT2D eigenvalue weighted by Gasteiger charge is 2.32. The van der Waals surface area contributed by atoms with Gasteiger partial charge in [0.1, 0.15) is 10.5 Å². The molecule has 3 aromatic rings. The lowest BCUT2D eigenvalue weighted by Crippen LogP contribution is -2.38. The zero-order valence-corrected chi connectivity index (χ0v) is 15.6. The second-order valence-corrected chi connectivity index (χ2v) is 8.45. The highest BCUT2D eigenvalue weighted by atomic mass is 32.1. The molecular weight excluding hydrogens is 384 g/mol. The molecule has 1 atom stereocenters. The Labute approximate surface area is 160 Å². The average Bonchev–Trinajstić information content (AvgIpc) is 3.38. The molecule has 1 aliphatic rings. The zero-order valence-electron chi connectivity index (χ0n) is 13.2. The largest absolute Gasteiger partial charge is 0.384 e. The smallest absolute Gasteiger partial charge is 0.274 e. The number of aromatic nitrogens is 1. The van der Waals surface area contributed by atoms with E-state index in [1.165, 1.54) is 38.6 Å². The summed E-state index contributed by atoms with van der Waals surface area (Å²) in [5.74, 6) is -0.426. The van der Waals surface area contributed by atoms with Crippen LogP contribution in [0.5, 0.6) is 0 Å². The van der Waals surface area contributed by atoms with Crippen LogP contribution in [0.1, 0.15) is 15.7 Å². The topological polar surface area (TPSA) is 95.6 Å². The van der Waals surface area contributed by atoms with Gasteiger partial charge in [-0.15, -0.1) is 34.0 Å². The minimum atomic E-state index is -0.530. The summed E-state index contributed by atoms with van der Waals surface area (Å²) < 4.78 is 2.28. The van der Waals surface area contributed by atoms with Crippen LogP contribution in [0.4, 0.5) is 0 Å². The van der Waals surface area contributed by atoms with Crippen LogP contribution in [0.2, 0.25) is 0 Å². The van der Waals surface area contributed by atoms with E-state index < -0.39 is 5.92 Å². The lowest BCUT2D eigenvalue weighted by molar-refractivity contribution is 0.914. The van der Waals surface area contributed by atoms with Gasteiger partial charge in [0.15, 0.2) is 0 Å². The fraction of sp³-hybridized carbons (Fsp3) is 0.0556. The van der Waals surface area contributed by atoms with Crippen molar-refractivity contribution >= 4 is 51.5 Å². The van der Waals surface area contributed by atoms with Gasteiger partial charge in [-0.25, -0.2) is 0 Å². The summed E-state index contributed by atoms with van der Waals surface area (Å²) in [6.45, 7) is 0. The van der Waals surface area contributed by atoms with Crippen LogP contribution >= 0.6 is 34.0 Å². The van der Waals surface area contributed by atoms with Gasteiger partial charge in [0.05, 0.1) is 33.7 Å². The van der Waals surface area contributed by atoms with Crippen molar-refractivity contribution in [3.05, 3.63) is 69.9 Å². The third kappa shape index (κ3) is 2.44. The molecule has 126 valence electrons. The van der Waals surface area contributed by atoms with Crippen LogP contribution in [0.3, 0.4) is 0 Å². The molecule has 0 spiro atoms. The fourth-order valence-electron chi connectivity index (χ4n) is 2.89. The van der Waals surface area contributed by atoms with Crippen LogP contribution < -0.4 is 20.5 Å². The molecule has 0 saturated heterocycles. The molecule has 3 aromatic heterocycles. The van der Waals surface area contributed by atoms with Gasteiger partial charge in [-0.2, -0.15) is 10.5 Å². The minimum absolute atomic E-state index is 0.104. The monoisotopic (exact) mass is 394 g/mol. The quantitative estimate of drug-likeness (QED) is 0.719. The first-order valence-corrected chi connectivity index (χ1v) is 10.1. The molecule has 4 heterocycles. The Hall–Kier alpha value is -2.91. The van der Waals surface area contributed by atoms with Crippen molar-refractivity contribution < 1.29 is 0 Å². The number of hydrogen-bond donors (Lipinski definition) is 1. The van der Waals surface area contributed by atoms with E-state index in [-0.39, 0.29) is 17.0 Å². The van der Waals surface area contributed by atoms with Crippen molar-refractivity contribution in [3.8, 4) is 12.1 Å². The van der Waals surface area contributed by atoms with Crippen LogP contribution in [-0.4, -0.2) is 4.57 Å². The van der Waals surface area contributed by atoms with Crippen molar-refractivity contribution in [2.24, 2.45) is 5.73 Å². The number of fused-ring (bicyclic) bond motifs is 1. The van der Waals surface area contributed by atoms with Gasteiger partial charge in [-0.3, -0.25) is 9.36 Å². The third-order valence-corrected chi connectivity index (χ3v) is 6.90.